The molecule has 2 aliphatic heterocycles. The van der Waals surface area contributed by atoms with E-state index >= 15 is 0 Å². The molecule has 2 aliphatic rings. The van der Waals surface area contributed by atoms with Gasteiger partial charge in [0.1, 0.15) is 11.2 Å². The summed E-state index contributed by atoms with van der Waals surface area (Å²) in [5.74, 6) is 0.825. The summed E-state index contributed by atoms with van der Waals surface area (Å²) in [6.07, 6.45) is -0.612. The SMILES string of the molecule is CN(CCNC1=NCC2CN(C(=O)OC(C)(C)C)CCN12)C(=O)OC(C)(C)C.I. The van der Waals surface area contributed by atoms with Crippen LogP contribution in [0.15, 0.2) is 4.99 Å². The van der Waals surface area contributed by atoms with Crippen molar-refractivity contribution < 1.29 is 19.1 Å². The number of amides is 2. The number of nitrogens with one attached hydrogen (secondary N) is 1. The van der Waals surface area contributed by atoms with Crippen LogP contribution in [0.2, 0.25) is 0 Å². The Morgan fingerprint density at radius 3 is 2.34 bits per heavy atom. The van der Waals surface area contributed by atoms with E-state index in [2.05, 4.69) is 15.2 Å². The minimum atomic E-state index is -0.505. The van der Waals surface area contributed by atoms with Gasteiger partial charge >= 0.3 is 12.2 Å². The number of hydrogen-bond donors (Lipinski definition) is 1. The van der Waals surface area contributed by atoms with Crippen molar-refractivity contribution in [3.05, 3.63) is 0 Å². The zero-order chi connectivity index (χ0) is 21.1. The molecule has 1 unspecified atom stereocenters. The second kappa shape index (κ2) is 10.0. The lowest BCUT2D eigenvalue weighted by molar-refractivity contribution is 0.0137. The van der Waals surface area contributed by atoms with E-state index in [-0.39, 0.29) is 42.2 Å². The third-order valence-electron chi connectivity index (χ3n) is 4.29. The number of hydrogen-bond acceptors (Lipinski definition) is 7. The number of piperazine rings is 1. The Balaban J connectivity index is 0.00000420. The first-order valence-corrected chi connectivity index (χ1v) is 9.83. The van der Waals surface area contributed by atoms with E-state index in [0.717, 1.165) is 5.96 Å². The highest BCUT2D eigenvalue weighted by atomic mass is 127. The summed E-state index contributed by atoms with van der Waals surface area (Å²) in [7, 11) is 1.72. The smallest absolute Gasteiger partial charge is 0.410 e. The second-order valence-electron chi connectivity index (χ2n) is 9.27. The number of aliphatic imine (C=N–C) groups is 1. The van der Waals surface area contributed by atoms with Gasteiger partial charge in [0.2, 0.25) is 0 Å². The molecule has 1 atom stereocenters. The van der Waals surface area contributed by atoms with Crippen LogP contribution in [0.5, 0.6) is 0 Å². The summed E-state index contributed by atoms with van der Waals surface area (Å²) in [5.41, 5.74) is -0.997. The van der Waals surface area contributed by atoms with Crippen molar-refractivity contribution in [2.45, 2.75) is 58.8 Å². The fourth-order valence-corrected chi connectivity index (χ4v) is 2.99. The number of nitrogens with zero attached hydrogens (tertiary/aromatic N) is 4. The van der Waals surface area contributed by atoms with Crippen LogP contribution in [0.1, 0.15) is 41.5 Å². The van der Waals surface area contributed by atoms with Gasteiger partial charge in [-0.25, -0.2) is 9.59 Å². The van der Waals surface area contributed by atoms with Crippen molar-refractivity contribution >= 4 is 42.1 Å². The van der Waals surface area contributed by atoms with Crippen molar-refractivity contribution in [3.63, 3.8) is 0 Å². The predicted molar refractivity (Wildman–Crippen MR) is 123 cm³/mol. The molecule has 0 aromatic carbocycles. The number of rotatable bonds is 3. The minimum absolute atomic E-state index is 0. The molecule has 0 aromatic rings. The highest BCUT2D eigenvalue weighted by molar-refractivity contribution is 14.0. The Morgan fingerprint density at radius 1 is 1.14 bits per heavy atom. The highest BCUT2D eigenvalue weighted by Gasteiger charge is 2.36. The summed E-state index contributed by atoms with van der Waals surface area (Å²) >= 11 is 0. The van der Waals surface area contributed by atoms with Gasteiger partial charge in [-0.1, -0.05) is 0 Å². The number of halogens is 1. The van der Waals surface area contributed by atoms with Gasteiger partial charge in [0.05, 0.1) is 12.6 Å². The van der Waals surface area contributed by atoms with Crippen molar-refractivity contribution in [2.24, 2.45) is 4.99 Å². The van der Waals surface area contributed by atoms with E-state index in [4.69, 9.17) is 9.47 Å². The molecule has 1 fully saturated rings. The van der Waals surface area contributed by atoms with Crippen molar-refractivity contribution in [1.82, 2.24) is 20.0 Å². The van der Waals surface area contributed by atoms with Gasteiger partial charge in [-0.05, 0) is 41.5 Å². The van der Waals surface area contributed by atoms with Gasteiger partial charge in [-0.2, -0.15) is 0 Å². The lowest BCUT2D eigenvalue weighted by atomic mass is 10.2. The predicted octanol–water partition coefficient (Wildman–Crippen LogP) is 2.35. The molecule has 9 nitrogen and oxygen atoms in total. The first kappa shape index (κ1) is 25.6. The van der Waals surface area contributed by atoms with Crippen LogP contribution in [-0.4, -0.2) is 96.4 Å². The van der Waals surface area contributed by atoms with E-state index in [1.807, 2.05) is 41.5 Å². The monoisotopic (exact) mass is 525 g/mol. The fraction of sp³-hybridized carbons (Fsp3) is 0.842. The van der Waals surface area contributed by atoms with Gasteiger partial charge in [-0.15, -0.1) is 24.0 Å². The molecule has 2 amide bonds. The zero-order valence-electron chi connectivity index (χ0n) is 18.7. The maximum atomic E-state index is 12.3. The summed E-state index contributed by atoms with van der Waals surface area (Å²) in [6.45, 7) is 14.8. The molecule has 0 aromatic heterocycles. The third-order valence-corrected chi connectivity index (χ3v) is 4.29. The Bertz CT molecular complexity index is 615. The van der Waals surface area contributed by atoms with E-state index in [0.29, 0.717) is 39.3 Å². The largest absolute Gasteiger partial charge is 0.444 e. The highest BCUT2D eigenvalue weighted by Crippen LogP contribution is 2.18. The molecular weight excluding hydrogens is 489 g/mol. The molecule has 0 spiro atoms. The Morgan fingerprint density at radius 2 is 1.76 bits per heavy atom. The number of carbonyl (C=O) groups excluding carboxylic acids is 2. The summed E-state index contributed by atoms with van der Waals surface area (Å²) in [5, 5.41) is 3.30. The van der Waals surface area contributed by atoms with E-state index in [1.165, 1.54) is 0 Å². The molecule has 10 heteroatoms. The minimum Gasteiger partial charge on any atom is -0.444 e. The lowest BCUT2D eigenvalue weighted by Crippen LogP contribution is -2.58. The first-order chi connectivity index (χ1) is 12.9. The molecule has 0 saturated carbocycles. The van der Waals surface area contributed by atoms with Crippen LogP contribution in [0.3, 0.4) is 0 Å². The van der Waals surface area contributed by atoms with Crippen LogP contribution in [0, 0.1) is 0 Å². The number of likely N-dealkylation sites (N-methyl/N-ethyl adjacent to an activating group) is 1. The molecule has 1 saturated heterocycles. The van der Waals surface area contributed by atoms with Crippen LogP contribution in [0.25, 0.3) is 0 Å². The molecule has 2 rings (SSSR count). The molecule has 1 N–H and O–H groups in total. The number of guanidine groups is 1. The molecule has 29 heavy (non-hydrogen) atoms. The van der Waals surface area contributed by atoms with E-state index in [1.54, 1.807) is 16.8 Å². The Labute approximate surface area is 191 Å². The lowest BCUT2D eigenvalue weighted by Gasteiger charge is -2.39. The molecule has 0 bridgehead atoms. The van der Waals surface area contributed by atoms with E-state index < -0.39 is 11.2 Å². The van der Waals surface area contributed by atoms with Gasteiger partial charge in [-0.3, -0.25) is 4.99 Å². The van der Waals surface area contributed by atoms with Crippen LogP contribution >= 0.6 is 24.0 Å². The zero-order valence-corrected chi connectivity index (χ0v) is 21.0. The van der Waals surface area contributed by atoms with Gasteiger partial charge in [0, 0.05) is 39.8 Å². The number of carbonyl (C=O) groups is 2. The quantitative estimate of drug-likeness (QED) is 0.570. The third kappa shape index (κ3) is 8.06. The molecule has 0 aliphatic carbocycles. The van der Waals surface area contributed by atoms with E-state index in [9.17, 15) is 9.59 Å². The average Bonchev–Trinajstić information content (AvgIpc) is 2.94. The normalized spacial score (nSPS) is 19.0. The molecule has 0 radical (unpaired) electrons. The van der Waals surface area contributed by atoms with Crippen LogP contribution in [-0.2, 0) is 9.47 Å². The number of ether oxygens (including phenoxy) is 2. The molecular formula is C19H36IN5O4. The Hall–Kier alpha value is -1.46. The summed E-state index contributed by atoms with van der Waals surface area (Å²) in [4.78, 5) is 34.3. The van der Waals surface area contributed by atoms with Crippen LogP contribution < -0.4 is 5.32 Å². The van der Waals surface area contributed by atoms with Crippen LogP contribution in [0.4, 0.5) is 9.59 Å². The van der Waals surface area contributed by atoms with Gasteiger partial charge in [0.15, 0.2) is 5.96 Å². The summed E-state index contributed by atoms with van der Waals surface area (Å²) in [6, 6.07) is 0.160. The standard InChI is InChI=1S/C19H35N5O4.HI/c1-18(2,3)27-16(25)22(7)9-8-20-15-21-12-14-13-23(10-11-24(14)15)17(26)28-19(4,5)6;/h14H,8-13H2,1-7H3,(H,20,21);1H. The fourth-order valence-electron chi connectivity index (χ4n) is 2.99. The Kier molecular flexibility index (Phi) is 8.85. The topological polar surface area (TPSA) is 86.7 Å². The maximum absolute atomic E-state index is 12.3. The maximum Gasteiger partial charge on any atom is 0.410 e. The second-order valence-corrected chi connectivity index (χ2v) is 9.27. The van der Waals surface area contributed by atoms with Gasteiger partial charge in [0.25, 0.3) is 0 Å². The van der Waals surface area contributed by atoms with Crippen molar-refractivity contribution in [3.8, 4) is 0 Å². The summed E-state index contributed by atoms with van der Waals surface area (Å²) < 4.78 is 10.8. The van der Waals surface area contributed by atoms with Gasteiger partial charge < -0.3 is 29.5 Å². The van der Waals surface area contributed by atoms with Crippen molar-refractivity contribution in [1.29, 1.82) is 0 Å². The number of fused-ring (bicyclic) bond motifs is 1. The average molecular weight is 525 g/mol. The van der Waals surface area contributed by atoms with Crippen molar-refractivity contribution in [2.75, 3.05) is 46.3 Å². The molecule has 2 heterocycles. The first-order valence-electron chi connectivity index (χ1n) is 9.83. The molecule has 168 valence electrons.